The minimum atomic E-state index is 0.0772. The molecule has 1 N–H and O–H groups in total. The molecule has 3 rings (SSSR count). The van der Waals surface area contributed by atoms with Crippen LogP contribution in [0.5, 0.6) is 17.2 Å². The molecule has 24 heavy (non-hydrogen) atoms. The van der Waals surface area contributed by atoms with Gasteiger partial charge in [0.25, 0.3) is 0 Å². The first-order valence-corrected chi connectivity index (χ1v) is 8.15. The van der Waals surface area contributed by atoms with E-state index in [4.69, 9.17) is 4.74 Å². The summed E-state index contributed by atoms with van der Waals surface area (Å²) in [5.74, 6) is 1.58. The molecule has 0 fully saturated rings. The molecule has 0 aliphatic carbocycles. The Morgan fingerprint density at radius 2 is 1.54 bits per heavy atom. The lowest BCUT2D eigenvalue weighted by Crippen LogP contribution is -1.82. The zero-order valence-electron chi connectivity index (χ0n) is 13.0. The van der Waals surface area contributed by atoms with Gasteiger partial charge in [0.05, 0.1) is 10.2 Å². The summed E-state index contributed by atoms with van der Waals surface area (Å²) in [7, 11) is 0. The van der Waals surface area contributed by atoms with E-state index in [1.165, 1.54) is 0 Å². The lowest BCUT2D eigenvalue weighted by Gasteiger charge is -2.05. The van der Waals surface area contributed by atoms with E-state index in [1.807, 2.05) is 67.6 Å². The van der Waals surface area contributed by atoms with E-state index in [2.05, 4.69) is 26.2 Å². The number of halogens is 1. The predicted molar refractivity (Wildman–Crippen MR) is 97.7 cm³/mol. The van der Waals surface area contributed by atoms with Gasteiger partial charge in [0.1, 0.15) is 17.2 Å². The van der Waals surface area contributed by atoms with Crippen molar-refractivity contribution in [3.8, 4) is 17.2 Å². The van der Waals surface area contributed by atoms with E-state index in [1.54, 1.807) is 6.07 Å². The summed E-state index contributed by atoms with van der Waals surface area (Å²) >= 11 is 3.30. The quantitative estimate of drug-likeness (QED) is 0.512. The van der Waals surface area contributed by atoms with Crippen LogP contribution >= 0.6 is 15.9 Å². The van der Waals surface area contributed by atoms with Gasteiger partial charge in [-0.25, -0.2) is 0 Å². The second-order valence-electron chi connectivity index (χ2n) is 5.22. The fourth-order valence-electron chi connectivity index (χ4n) is 2.11. The third-order valence-electron chi connectivity index (χ3n) is 3.28. The number of rotatable bonds is 4. The Kier molecular flexibility index (Phi) is 4.91. The van der Waals surface area contributed by atoms with E-state index in [0.29, 0.717) is 15.8 Å². The molecule has 4 nitrogen and oxygen atoms in total. The average molecular weight is 383 g/mol. The second kappa shape index (κ2) is 7.27. The van der Waals surface area contributed by atoms with Gasteiger partial charge in [0.2, 0.25) is 0 Å². The van der Waals surface area contributed by atoms with Crippen LogP contribution < -0.4 is 4.74 Å². The van der Waals surface area contributed by atoms with Gasteiger partial charge in [-0.2, -0.15) is 5.11 Å². The number of phenolic OH excluding ortho intramolecular Hbond substituents is 1. The first-order chi connectivity index (χ1) is 11.6. The molecule has 0 saturated heterocycles. The normalized spacial score (nSPS) is 10.9. The van der Waals surface area contributed by atoms with E-state index < -0.39 is 0 Å². The maximum absolute atomic E-state index is 9.99. The smallest absolute Gasteiger partial charge is 0.157 e. The van der Waals surface area contributed by atoms with Crippen molar-refractivity contribution in [2.45, 2.75) is 6.92 Å². The average Bonchev–Trinajstić information content (AvgIpc) is 2.59. The number of aryl methyl sites for hydroxylation is 1. The number of azo groups is 1. The van der Waals surface area contributed by atoms with Crippen LogP contribution in [-0.4, -0.2) is 5.11 Å². The van der Waals surface area contributed by atoms with Crippen LogP contribution in [0.15, 0.2) is 81.4 Å². The number of ether oxygens (including phenoxy) is 1. The molecule has 5 heteroatoms. The highest BCUT2D eigenvalue weighted by molar-refractivity contribution is 9.10. The number of benzene rings is 3. The third kappa shape index (κ3) is 4.00. The van der Waals surface area contributed by atoms with E-state index in [9.17, 15) is 5.11 Å². The lowest BCUT2D eigenvalue weighted by molar-refractivity contribution is 0.473. The third-order valence-corrected chi connectivity index (χ3v) is 3.88. The molecule has 0 radical (unpaired) electrons. The molecule has 0 aromatic heterocycles. The molecule has 3 aromatic carbocycles. The first kappa shape index (κ1) is 16.2. The maximum Gasteiger partial charge on any atom is 0.157 e. The Balaban J connectivity index is 1.75. The fourth-order valence-corrected chi connectivity index (χ4v) is 2.67. The van der Waals surface area contributed by atoms with Crippen molar-refractivity contribution in [1.82, 2.24) is 0 Å². The number of nitrogens with zero attached hydrogens (tertiary/aromatic N) is 2. The SMILES string of the molecule is Cc1cc(Br)c(O)c(N=Nc2ccc(Oc3ccccc3)cc2)c1. The van der Waals surface area contributed by atoms with Crippen molar-refractivity contribution in [2.75, 3.05) is 0 Å². The summed E-state index contributed by atoms with van der Waals surface area (Å²) in [6.45, 7) is 1.93. The summed E-state index contributed by atoms with van der Waals surface area (Å²) in [6, 6.07) is 20.4. The predicted octanol–water partition coefficient (Wildman–Crippen LogP) is 6.67. The van der Waals surface area contributed by atoms with Crippen molar-refractivity contribution in [3.05, 3.63) is 76.8 Å². The topological polar surface area (TPSA) is 54.2 Å². The van der Waals surface area contributed by atoms with Gasteiger partial charge in [-0.1, -0.05) is 18.2 Å². The van der Waals surface area contributed by atoms with Gasteiger partial charge in [0, 0.05) is 0 Å². The van der Waals surface area contributed by atoms with E-state index in [0.717, 1.165) is 17.1 Å². The minimum absolute atomic E-state index is 0.0772. The monoisotopic (exact) mass is 382 g/mol. The highest BCUT2D eigenvalue weighted by atomic mass is 79.9. The van der Waals surface area contributed by atoms with Gasteiger partial charge in [-0.3, -0.25) is 0 Å². The van der Waals surface area contributed by atoms with Crippen molar-refractivity contribution < 1.29 is 9.84 Å². The molecule has 0 saturated carbocycles. The number of hydrogen-bond acceptors (Lipinski definition) is 4. The van der Waals surface area contributed by atoms with Gasteiger partial charge in [0.15, 0.2) is 5.75 Å². The van der Waals surface area contributed by atoms with E-state index >= 15 is 0 Å². The largest absolute Gasteiger partial charge is 0.505 e. The van der Waals surface area contributed by atoms with Crippen molar-refractivity contribution in [2.24, 2.45) is 10.2 Å². The molecule has 0 aliphatic heterocycles. The number of hydrogen-bond donors (Lipinski definition) is 1. The zero-order valence-corrected chi connectivity index (χ0v) is 14.6. The molecular weight excluding hydrogens is 368 g/mol. The Bertz CT molecular complexity index is 863. The summed E-state index contributed by atoms with van der Waals surface area (Å²) < 4.78 is 6.33. The summed E-state index contributed by atoms with van der Waals surface area (Å²) in [5.41, 5.74) is 2.08. The van der Waals surface area contributed by atoms with Crippen LogP contribution in [0.1, 0.15) is 5.56 Å². The van der Waals surface area contributed by atoms with Crippen LogP contribution in [0.4, 0.5) is 11.4 Å². The number of phenols is 1. The summed E-state index contributed by atoms with van der Waals surface area (Å²) in [6.07, 6.45) is 0. The Morgan fingerprint density at radius 3 is 2.25 bits per heavy atom. The minimum Gasteiger partial charge on any atom is -0.505 e. The lowest BCUT2D eigenvalue weighted by atomic mass is 10.2. The first-order valence-electron chi connectivity index (χ1n) is 7.35. The van der Waals surface area contributed by atoms with Crippen LogP contribution in [0.25, 0.3) is 0 Å². The number of para-hydroxylation sites is 1. The second-order valence-corrected chi connectivity index (χ2v) is 6.08. The van der Waals surface area contributed by atoms with Crippen molar-refractivity contribution in [1.29, 1.82) is 0 Å². The molecule has 0 aliphatic rings. The highest BCUT2D eigenvalue weighted by Crippen LogP contribution is 2.36. The zero-order chi connectivity index (χ0) is 16.9. The van der Waals surface area contributed by atoms with Gasteiger partial charge >= 0.3 is 0 Å². The van der Waals surface area contributed by atoms with Crippen LogP contribution in [0, 0.1) is 6.92 Å². The molecule has 0 unspecified atom stereocenters. The molecule has 0 spiro atoms. The molecular formula is C19H15BrN2O2. The van der Waals surface area contributed by atoms with Crippen molar-refractivity contribution in [3.63, 3.8) is 0 Å². The molecule has 0 atom stereocenters. The molecule has 0 amide bonds. The van der Waals surface area contributed by atoms with Gasteiger partial charge in [-0.15, -0.1) is 5.11 Å². The van der Waals surface area contributed by atoms with Gasteiger partial charge < -0.3 is 9.84 Å². The van der Waals surface area contributed by atoms with Crippen molar-refractivity contribution >= 4 is 27.3 Å². The van der Waals surface area contributed by atoms with Crippen LogP contribution in [-0.2, 0) is 0 Å². The van der Waals surface area contributed by atoms with E-state index in [-0.39, 0.29) is 5.75 Å². The van der Waals surface area contributed by atoms with Crippen LogP contribution in [0.2, 0.25) is 0 Å². The summed E-state index contributed by atoms with van der Waals surface area (Å²) in [5, 5.41) is 18.3. The number of aromatic hydroxyl groups is 1. The van der Waals surface area contributed by atoms with Crippen LogP contribution in [0.3, 0.4) is 0 Å². The Hall–Kier alpha value is -2.66. The fraction of sp³-hybridized carbons (Fsp3) is 0.0526. The Morgan fingerprint density at radius 1 is 0.875 bits per heavy atom. The van der Waals surface area contributed by atoms with Gasteiger partial charge in [-0.05, 0) is 76.9 Å². The molecule has 3 aromatic rings. The highest BCUT2D eigenvalue weighted by Gasteiger charge is 2.06. The maximum atomic E-state index is 9.99. The standard InChI is InChI=1S/C19H15BrN2O2/c1-13-11-17(20)19(23)18(12-13)22-21-14-7-9-16(10-8-14)24-15-5-3-2-4-6-15/h2-12,23H,1H3. The molecule has 0 heterocycles. The summed E-state index contributed by atoms with van der Waals surface area (Å²) in [4.78, 5) is 0. The Labute approximate surface area is 148 Å². The molecule has 120 valence electrons. The molecule has 0 bridgehead atoms.